The number of hydrogen-bond donors (Lipinski definition) is 2. The quantitative estimate of drug-likeness (QED) is 0.563. The second-order valence-electron chi connectivity index (χ2n) is 3.13. The average molecular weight is 145 g/mol. The first kappa shape index (κ1) is 7.98. The van der Waals surface area contributed by atoms with Crippen LogP contribution in [0.1, 0.15) is 19.8 Å². The van der Waals surface area contributed by atoms with Crippen molar-refractivity contribution >= 4 is 0 Å². The fourth-order valence-electron chi connectivity index (χ4n) is 1.41. The third-order valence-electron chi connectivity index (χ3n) is 2.16. The maximum absolute atomic E-state index is 9.16. The summed E-state index contributed by atoms with van der Waals surface area (Å²) >= 11 is 0. The van der Waals surface area contributed by atoms with Crippen LogP contribution in [0.25, 0.3) is 0 Å². The van der Waals surface area contributed by atoms with Gasteiger partial charge in [0.1, 0.15) is 0 Å². The number of aliphatic hydroxyl groups is 1. The van der Waals surface area contributed by atoms with Crippen molar-refractivity contribution in [3.8, 4) is 0 Å². The molecule has 3 nitrogen and oxygen atoms in total. The number of rotatable bonds is 1. The maximum atomic E-state index is 9.16. The van der Waals surface area contributed by atoms with Crippen LogP contribution >= 0.6 is 0 Å². The van der Waals surface area contributed by atoms with E-state index in [1.165, 1.54) is 5.06 Å². The molecule has 0 aromatic heterocycles. The zero-order chi connectivity index (χ0) is 7.56. The van der Waals surface area contributed by atoms with Crippen LogP contribution in [0.3, 0.4) is 0 Å². The van der Waals surface area contributed by atoms with Crippen molar-refractivity contribution in [2.45, 2.75) is 25.8 Å². The van der Waals surface area contributed by atoms with Gasteiger partial charge in [-0.3, -0.25) is 0 Å². The maximum Gasteiger partial charge on any atom is 0.0610 e. The van der Waals surface area contributed by atoms with Gasteiger partial charge in [0.2, 0.25) is 0 Å². The zero-order valence-electron chi connectivity index (χ0n) is 6.32. The molecule has 0 radical (unpaired) electrons. The van der Waals surface area contributed by atoms with Gasteiger partial charge in [-0.1, -0.05) is 6.92 Å². The molecule has 1 aliphatic rings. The van der Waals surface area contributed by atoms with E-state index in [-0.39, 0.29) is 12.6 Å². The molecule has 1 saturated heterocycles. The van der Waals surface area contributed by atoms with Crippen LogP contribution in [0.5, 0.6) is 0 Å². The van der Waals surface area contributed by atoms with Gasteiger partial charge in [0, 0.05) is 6.54 Å². The summed E-state index contributed by atoms with van der Waals surface area (Å²) in [6.45, 7) is 2.92. The lowest BCUT2D eigenvalue weighted by molar-refractivity contribution is -0.159. The first-order valence-electron chi connectivity index (χ1n) is 3.80. The van der Waals surface area contributed by atoms with E-state index in [0.717, 1.165) is 12.8 Å². The summed E-state index contributed by atoms with van der Waals surface area (Å²) < 4.78 is 0. The van der Waals surface area contributed by atoms with Gasteiger partial charge in [-0.25, -0.2) is 0 Å². The van der Waals surface area contributed by atoms with E-state index in [9.17, 15) is 0 Å². The summed E-state index contributed by atoms with van der Waals surface area (Å²) in [6.07, 6.45) is 1.94. The van der Waals surface area contributed by atoms with Crippen LogP contribution in [0.2, 0.25) is 0 Å². The lowest BCUT2D eigenvalue weighted by atomic mass is 9.94. The Balaban J connectivity index is 2.38. The monoisotopic (exact) mass is 145 g/mol. The van der Waals surface area contributed by atoms with E-state index in [1.54, 1.807) is 0 Å². The number of nitrogens with zero attached hydrogens (tertiary/aromatic N) is 1. The highest BCUT2D eigenvalue weighted by atomic mass is 16.5. The Hall–Kier alpha value is -0.120. The van der Waals surface area contributed by atoms with Gasteiger partial charge in [-0.2, -0.15) is 5.06 Å². The van der Waals surface area contributed by atoms with Crippen molar-refractivity contribution in [1.29, 1.82) is 0 Å². The molecule has 0 aromatic rings. The SMILES string of the molecule is C[C@@H]1CCN(O)[C@@H](CO)C1. The predicted octanol–water partition coefficient (Wildman–Crippen LogP) is 0.468. The second kappa shape index (κ2) is 3.32. The summed E-state index contributed by atoms with van der Waals surface area (Å²) in [4.78, 5) is 0. The van der Waals surface area contributed by atoms with Crippen molar-refractivity contribution in [3.63, 3.8) is 0 Å². The molecular formula is C7H15NO2. The van der Waals surface area contributed by atoms with E-state index < -0.39 is 0 Å². The molecule has 0 spiro atoms. The standard InChI is InChI=1S/C7H15NO2/c1-6-2-3-8(10)7(4-6)5-9/h6-7,9-10H,2-5H2,1H3/t6-,7-/m1/s1. The van der Waals surface area contributed by atoms with Crippen LogP contribution in [0.15, 0.2) is 0 Å². The molecule has 0 unspecified atom stereocenters. The summed E-state index contributed by atoms with van der Waals surface area (Å²) in [6, 6.07) is -0.0243. The third kappa shape index (κ3) is 1.68. The van der Waals surface area contributed by atoms with Gasteiger partial charge in [0.05, 0.1) is 12.6 Å². The Labute approximate surface area is 61.2 Å². The summed E-state index contributed by atoms with van der Waals surface area (Å²) in [5, 5.41) is 19.2. The Morgan fingerprint density at radius 3 is 2.80 bits per heavy atom. The van der Waals surface area contributed by atoms with Crippen molar-refractivity contribution in [2.24, 2.45) is 5.92 Å². The van der Waals surface area contributed by atoms with Gasteiger partial charge in [-0.15, -0.1) is 0 Å². The van der Waals surface area contributed by atoms with Crippen LogP contribution in [-0.4, -0.2) is 34.6 Å². The molecule has 60 valence electrons. The molecule has 0 bridgehead atoms. The minimum Gasteiger partial charge on any atom is -0.395 e. The molecule has 10 heavy (non-hydrogen) atoms. The molecule has 1 fully saturated rings. The molecule has 0 aromatic carbocycles. The number of hydrogen-bond acceptors (Lipinski definition) is 3. The highest BCUT2D eigenvalue weighted by Gasteiger charge is 2.23. The molecule has 0 saturated carbocycles. The van der Waals surface area contributed by atoms with Crippen molar-refractivity contribution in [3.05, 3.63) is 0 Å². The van der Waals surface area contributed by atoms with Crippen molar-refractivity contribution in [2.75, 3.05) is 13.2 Å². The number of hydroxylamine groups is 2. The molecule has 1 heterocycles. The molecule has 2 N–H and O–H groups in total. The van der Waals surface area contributed by atoms with Gasteiger partial charge in [0.15, 0.2) is 0 Å². The second-order valence-corrected chi connectivity index (χ2v) is 3.13. The van der Waals surface area contributed by atoms with Crippen molar-refractivity contribution < 1.29 is 10.3 Å². The Bertz CT molecular complexity index is 108. The summed E-state index contributed by atoms with van der Waals surface area (Å²) in [7, 11) is 0. The average Bonchev–Trinajstić information content (AvgIpc) is 1.94. The Morgan fingerprint density at radius 1 is 1.60 bits per heavy atom. The normalized spacial score (nSPS) is 36.3. The molecule has 0 aliphatic carbocycles. The smallest absolute Gasteiger partial charge is 0.0610 e. The number of aliphatic hydroxyl groups excluding tert-OH is 1. The van der Waals surface area contributed by atoms with E-state index in [1.807, 2.05) is 0 Å². The van der Waals surface area contributed by atoms with Crippen LogP contribution in [-0.2, 0) is 0 Å². The fourth-order valence-corrected chi connectivity index (χ4v) is 1.41. The minimum atomic E-state index is -0.0243. The van der Waals surface area contributed by atoms with Gasteiger partial charge >= 0.3 is 0 Å². The first-order valence-corrected chi connectivity index (χ1v) is 3.80. The molecule has 2 atom stereocenters. The van der Waals surface area contributed by atoms with Crippen LogP contribution in [0, 0.1) is 5.92 Å². The fraction of sp³-hybridized carbons (Fsp3) is 1.00. The molecule has 1 aliphatic heterocycles. The van der Waals surface area contributed by atoms with Gasteiger partial charge in [0.25, 0.3) is 0 Å². The van der Waals surface area contributed by atoms with Gasteiger partial charge in [-0.05, 0) is 18.8 Å². The van der Waals surface area contributed by atoms with E-state index in [4.69, 9.17) is 10.3 Å². The third-order valence-corrected chi connectivity index (χ3v) is 2.16. The molecule has 3 heteroatoms. The van der Waals surface area contributed by atoms with E-state index in [0.29, 0.717) is 12.5 Å². The molecule has 1 rings (SSSR count). The van der Waals surface area contributed by atoms with Crippen molar-refractivity contribution in [1.82, 2.24) is 5.06 Å². The largest absolute Gasteiger partial charge is 0.395 e. The van der Waals surface area contributed by atoms with Crippen LogP contribution in [0.4, 0.5) is 0 Å². The zero-order valence-corrected chi connectivity index (χ0v) is 6.32. The lowest BCUT2D eigenvalue weighted by Crippen LogP contribution is -2.41. The Kier molecular flexibility index (Phi) is 2.65. The van der Waals surface area contributed by atoms with E-state index in [2.05, 4.69) is 6.92 Å². The highest BCUT2D eigenvalue weighted by Crippen LogP contribution is 2.19. The Morgan fingerprint density at radius 2 is 2.30 bits per heavy atom. The first-order chi connectivity index (χ1) is 4.74. The van der Waals surface area contributed by atoms with Gasteiger partial charge < -0.3 is 10.3 Å². The number of piperidine rings is 1. The molecular weight excluding hydrogens is 130 g/mol. The molecule has 0 amide bonds. The predicted molar refractivity (Wildman–Crippen MR) is 37.8 cm³/mol. The summed E-state index contributed by atoms with van der Waals surface area (Å²) in [5.74, 6) is 0.639. The van der Waals surface area contributed by atoms with Crippen LogP contribution < -0.4 is 0 Å². The van der Waals surface area contributed by atoms with E-state index >= 15 is 0 Å². The topological polar surface area (TPSA) is 43.7 Å². The summed E-state index contributed by atoms with van der Waals surface area (Å²) in [5.41, 5.74) is 0. The lowest BCUT2D eigenvalue weighted by Gasteiger charge is -2.32. The minimum absolute atomic E-state index is 0.0243. The highest BCUT2D eigenvalue weighted by molar-refractivity contribution is 4.73.